The molecule has 14 heavy (non-hydrogen) atoms. The standard InChI is InChI=1S/C10H6BrNOS/c11-8-3-1-2-7(6-8)10-12-9(13)4-5-14-10/h1-6H. The summed E-state index contributed by atoms with van der Waals surface area (Å²) in [5.74, 6) is 0. The van der Waals surface area contributed by atoms with Crippen molar-refractivity contribution in [2.24, 2.45) is 0 Å². The quantitative estimate of drug-likeness (QED) is 0.796. The summed E-state index contributed by atoms with van der Waals surface area (Å²) in [4.78, 5) is 15.0. The molecule has 0 aliphatic carbocycles. The van der Waals surface area contributed by atoms with E-state index in [2.05, 4.69) is 20.9 Å². The maximum atomic E-state index is 11.0. The topological polar surface area (TPSA) is 30.0 Å². The smallest absolute Gasteiger partial charge is 0.267 e. The fraction of sp³-hybridized carbons (Fsp3) is 0. The van der Waals surface area contributed by atoms with Crippen molar-refractivity contribution in [2.75, 3.05) is 0 Å². The molecular formula is C10H6BrNOS. The molecule has 4 heteroatoms. The van der Waals surface area contributed by atoms with Gasteiger partial charge in [-0.1, -0.05) is 28.1 Å². The first-order valence-corrected chi connectivity index (χ1v) is 5.65. The van der Waals surface area contributed by atoms with Gasteiger partial charge in [0.1, 0.15) is 5.01 Å². The first kappa shape index (κ1) is 9.55. The molecule has 0 N–H and O–H groups in total. The van der Waals surface area contributed by atoms with Crippen LogP contribution in [0.1, 0.15) is 0 Å². The van der Waals surface area contributed by atoms with Crippen molar-refractivity contribution in [1.29, 1.82) is 0 Å². The first-order chi connectivity index (χ1) is 6.75. The van der Waals surface area contributed by atoms with Gasteiger partial charge in [-0.2, -0.15) is 4.98 Å². The van der Waals surface area contributed by atoms with Crippen molar-refractivity contribution in [2.45, 2.75) is 0 Å². The molecule has 0 bridgehead atoms. The van der Waals surface area contributed by atoms with Crippen LogP contribution in [0.25, 0.3) is 10.6 Å². The van der Waals surface area contributed by atoms with Crippen molar-refractivity contribution in [1.82, 2.24) is 4.98 Å². The van der Waals surface area contributed by atoms with Gasteiger partial charge in [-0.15, -0.1) is 11.3 Å². The summed E-state index contributed by atoms with van der Waals surface area (Å²) in [6.07, 6.45) is 0. The van der Waals surface area contributed by atoms with Crippen LogP contribution in [0.3, 0.4) is 0 Å². The van der Waals surface area contributed by atoms with Crippen LogP contribution in [-0.4, -0.2) is 4.98 Å². The second-order valence-corrected chi connectivity index (χ2v) is 4.50. The lowest BCUT2D eigenvalue weighted by molar-refractivity contribution is 1.28. The van der Waals surface area contributed by atoms with Gasteiger partial charge in [-0.3, -0.25) is 4.79 Å². The minimum absolute atomic E-state index is 0.196. The molecule has 0 saturated heterocycles. The highest BCUT2D eigenvalue weighted by atomic mass is 79.9. The second kappa shape index (κ2) is 4.02. The van der Waals surface area contributed by atoms with Crippen LogP contribution in [0.2, 0.25) is 0 Å². The third-order valence-corrected chi connectivity index (χ3v) is 2.99. The number of aromatic nitrogens is 1. The molecule has 1 heterocycles. The molecule has 0 aliphatic heterocycles. The Balaban J connectivity index is 2.55. The zero-order chi connectivity index (χ0) is 9.97. The molecule has 0 radical (unpaired) electrons. The average Bonchev–Trinajstić information content (AvgIpc) is 2.18. The Labute approximate surface area is 93.4 Å². The molecule has 2 rings (SSSR count). The van der Waals surface area contributed by atoms with Crippen molar-refractivity contribution in [3.63, 3.8) is 0 Å². The summed E-state index contributed by atoms with van der Waals surface area (Å²) < 4.78 is 0.986. The van der Waals surface area contributed by atoms with Crippen LogP contribution < -0.4 is 5.56 Å². The maximum Gasteiger partial charge on any atom is 0.271 e. The monoisotopic (exact) mass is 267 g/mol. The summed E-state index contributed by atoms with van der Waals surface area (Å²) in [6, 6.07) is 9.20. The van der Waals surface area contributed by atoms with Crippen molar-refractivity contribution < 1.29 is 0 Å². The Bertz CT molecular complexity index is 509. The molecule has 0 amide bonds. The van der Waals surface area contributed by atoms with Crippen molar-refractivity contribution in [3.05, 3.63) is 50.5 Å². The minimum atomic E-state index is -0.196. The number of halogens is 1. The predicted octanol–water partition coefficient (Wildman–Crippen LogP) is 2.93. The van der Waals surface area contributed by atoms with Gasteiger partial charge in [0.05, 0.1) is 0 Å². The van der Waals surface area contributed by atoms with Gasteiger partial charge >= 0.3 is 0 Å². The van der Waals surface area contributed by atoms with E-state index in [1.807, 2.05) is 24.3 Å². The van der Waals surface area contributed by atoms with Crippen LogP contribution in [0.15, 0.2) is 45.0 Å². The summed E-state index contributed by atoms with van der Waals surface area (Å²) in [5, 5.41) is 2.50. The van der Waals surface area contributed by atoms with Gasteiger partial charge in [0.25, 0.3) is 5.56 Å². The summed E-state index contributed by atoms with van der Waals surface area (Å²) in [6.45, 7) is 0. The van der Waals surface area contributed by atoms with Crippen molar-refractivity contribution >= 4 is 27.3 Å². The van der Waals surface area contributed by atoms with E-state index in [9.17, 15) is 4.79 Å². The third-order valence-electron chi connectivity index (χ3n) is 1.67. The Kier molecular flexibility index (Phi) is 2.74. The molecule has 70 valence electrons. The Morgan fingerprint density at radius 1 is 1.29 bits per heavy atom. The zero-order valence-corrected chi connectivity index (χ0v) is 9.51. The molecule has 0 fully saturated rings. The lowest BCUT2D eigenvalue weighted by Gasteiger charge is -1.98. The zero-order valence-electron chi connectivity index (χ0n) is 7.11. The predicted molar refractivity (Wildman–Crippen MR) is 61.5 cm³/mol. The highest BCUT2D eigenvalue weighted by molar-refractivity contribution is 9.10. The Morgan fingerprint density at radius 2 is 2.14 bits per heavy atom. The number of hydrogen-bond donors (Lipinski definition) is 0. The Morgan fingerprint density at radius 3 is 2.86 bits per heavy atom. The van der Waals surface area contributed by atoms with Gasteiger partial charge in [0.15, 0.2) is 0 Å². The molecule has 0 spiro atoms. The van der Waals surface area contributed by atoms with E-state index in [0.717, 1.165) is 15.0 Å². The van der Waals surface area contributed by atoms with Crippen LogP contribution in [0.5, 0.6) is 0 Å². The van der Waals surface area contributed by atoms with Crippen LogP contribution in [0, 0.1) is 0 Å². The van der Waals surface area contributed by atoms with E-state index in [1.54, 1.807) is 5.38 Å². The normalized spacial score (nSPS) is 10.1. The SMILES string of the molecule is O=c1ccsc(-c2cccc(Br)c2)n1. The van der Waals surface area contributed by atoms with E-state index < -0.39 is 0 Å². The van der Waals surface area contributed by atoms with Crippen LogP contribution in [0.4, 0.5) is 0 Å². The highest BCUT2D eigenvalue weighted by Gasteiger charge is 2.00. The van der Waals surface area contributed by atoms with Crippen LogP contribution in [-0.2, 0) is 0 Å². The Hall–Kier alpha value is -1.00. The summed E-state index contributed by atoms with van der Waals surface area (Å²) >= 11 is 4.83. The first-order valence-electron chi connectivity index (χ1n) is 3.97. The van der Waals surface area contributed by atoms with Crippen molar-refractivity contribution in [3.8, 4) is 10.6 Å². The number of benzene rings is 1. The average molecular weight is 268 g/mol. The van der Waals surface area contributed by atoms with Gasteiger partial charge in [-0.05, 0) is 17.5 Å². The number of hydrogen-bond acceptors (Lipinski definition) is 3. The van der Waals surface area contributed by atoms with E-state index in [1.165, 1.54) is 17.4 Å². The largest absolute Gasteiger partial charge is 0.271 e. The van der Waals surface area contributed by atoms with Gasteiger partial charge in [-0.25, -0.2) is 0 Å². The molecule has 1 aromatic heterocycles. The molecule has 0 saturated carbocycles. The molecular weight excluding hydrogens is 262 g/mol. The van der Waals surface area contributed by atoms with E-state index in [-0.39, 0.29) is 5.56 Å². The van der Waals surface area contributed by atoms with Gasteiger partial charge in [0, 0.05) is 16.1 Å². The summed E-state index contributed by atoms with van der Waals surface area (Å²) in [5.41, 5.74) is 0.765. The molecule has 1 aromatic carbocycles. The van der Waals surface area contributed by atoms with Gasteiger partial charge < -0.3 is 0 Å². The lowest BCUT2D eigenvalue weighted by Crippen LogP contribution is -2.01. The fourth-order valence-corrected chi connectivity index (χ4v) is 2.19. The fourth-order valence-electron chi connectivity index (χ4n) is 1.07. The highest BCUT2D eigenvalue weighted by Crippen LogP contribution is 2.22. The second-order valence-electron chi connectivity index (χ2n) is 2.69. The summed E-state index contributed by atoms with van der Waals surface area (Å²) in [7, 11) is 0. The lowest BCUT2D eigenvalue weighted by atomic mass is 10.2. The molecule has 0 atom stereocenters. The third kappa shape index (κ3) is 2.08. The molecule has 2 nitrogen and oxygen atoms in total. The van der Waals surface area contributed by atoms with E-state index >= 15 is 0 Å². The molecule has 0 aliphatic rings. The van der Waals surface area contributed by atoms with E-state index in [4.69, 9.17) is 0 Å². The minimum Gasteiger partial charge on any atom is -0.267 e. The van der Waals surface area contributed by atoms with Crippen LogP contribution >= 0.6 is 27.3 Å². The van der Waals surface area contributed by atoms with Gasteiger partial charge in [0.2, 0.25) is 0 Å². The van der Waals surface area contributed by atoms with E-state index in [0.29, 0.717) is 0 Å². The molecule has 2 aromatic rings. The number of rotatable bonds is 1. The molecule has 0 unspecified atom stereocenters. The maximum absolute atomic E-state index is 11.0. The number of nitrogens with zero attached hydrogens (tertiary/aromatic N) is 1.